The van der Waals surface area contributed by atoms with Gasteiger partial charge in [0.2, 0.25) is 0 Å². The maximum atomic E-state index is 12.8. The molecule has 3 aromatic carbocycles. The number of ether oxygens (including phenoxy) is 3. The van der Waals surface area contributed by atoms with E-state index in [1.807, 2.05) is 69.2 Å². The third-order valence-electron chi connectivity index (χ3n) is 13.6. The fourth-order valence-corrected chi connectivity index (χ4v) is 7.85. The smallest absolute Gasteiger partial charge is 0.870 e. The number of carboxylic acids is 1. The van der Waals surface area contributed by atoms with Gasteiger partial charge < -0.3 is 79.5 Å². The normalized spacial score (nSPS) is 10.7. The van der Waals surface area contributed by atoms with E-state index in [9.17, 15) is 68.3 Å². The van der Waals surface area contributed by atoms with Crippen molar-refractivity contribution in [3.8, 4) is 12.0 Å². The molecule has 0 saturated carbocycles. The molecule has 0 saturated heterocycles. The van der Waals surface area contributed by atoms with Crippen molar-refractivity contribution in [1.29, 1.82) is 5.26 Å². The Balaban J connectivity index is 0. The van der Waals surface area contributed by atoms with Crippen molar-refractivity contribution < 1.29 is 145 Å². The van der Waals surface area contributed by atoms with Crippen LogP contribution >= 0.6 is 11.6 Å². The summed E-state index contributed by atoms with van der Waals surface area (Å²) in [6, 6.07) is 17.9. The van der Waals surface area contributed by atoms with E-state index in [2.05, 4.69) is 71.7 Å². The summed E-state index contributed by atoms with van der Waals surface area (Å²) in [4.78, 5) is 67.9. The molecule has 5 amide bonds. The Morgan fingerprint density at radius 3 is 1.20 bits per heavy atom. The second-order valence-electron chi connectivity index (χ2n) is 24.4. The Bertz CT molecular complexity index is 4480. The summed E-state index contributed by atoms with van der Waals surface area (Å²) in [6.45, 7) is 29.3. The second-order valence-corrected chi connectivity index (χ2v) is 24.7. The van der Waals surface area contributed by atoms with E-state index in [4.69, 9.17) is 70.8 Å². The van der Waals surface area contributed by atoms with Gasteiger partial charge in [0.15, 0.2) is 40.3 Å². The number of azide groups is 1. The average Bonchev–Trinajstić information content (AvgIpc) is 1.74. The van der Waals surface area contributed by atoms with Crippen molar-refractivity contribution in [2.24, 2.45) is 10.8 Å². The zero-order valence-corrected chi connectivity index (χ0v) is 65.7. The van der Waals surface area contributed by atoms with Crippen LogP contribution in [-0.2, 0) is 28.0 Å². The molecule has 9 rings (SSSR count). The Morgan fingerprint density at radius 2 is 0.887 bits per heavy atom. The summed E-state index contributed by atoms with van der Waals surface area (Å²) in [7, 11) is 0. The van der Waals surface area contributed by atoms with E-state index in [0.29, 0.717) is 53.8 Å². The van der Waals surface area contributed by atoms with Crippen LogP contribution in [0.1, 0.15) is 225 Å². The Labute approximate surface area is 668 Å². The third-order valence-corrected chi connectivity index (χ3v) is 13.7. The molecule has 12 N–H and O–H groups in total. The SMILES string of the molecule is CC(C)c1cc(C(=O)N=[N+]=[N-])no1.CC(C)c1cc(C(=O)O)no1.CC(C)c1cc(N)no1.CCOC(=O)Cl.CCOC(=O)c1cc(C(C)C)on1.Cc1ccc(NC(=O)Nc2cc(C(C)C)on2)cc1C(F)(F)F.Cc1ccc(NC(=O)Nc2cc([C@@H](C)N)on2)cc1C(F)(F)F.Cc1ccc(OC#N)cc1C(F)(F)F.O.[Li+].[OH-]. The van der Waals surface area contributed by atoms with Gasteiger partial charge in [-0.25, -0.2) is 24.0 Å². The molecule has 6 aromatic heterocycles. The Kier molecular flexibility index (Phi) is 45.9. The molecular weight excluding hydrogens is 1570 g/mol. The number of carbonyl (C=O) groups excluding carboxylic acids is 5. The van der Waals surface area contributed by atoms with E-state index in [-0.39, 0.29) is 116 Å². The van der Waals surface area contributed by atoms with Crippen LogP contribution in [0.4, 0.5) is 82.7 Å². The predicted octanol–water partition coefficient (Wildman–Crippen LogP) is 15.8. The fraction of sp³-hybridized carbons (Fsp3) is 0.386. The number of esters is 1. The number of anilines is 5. The van der Waals surface area contributed by atoms with Crippen LogP contribution in [0.15, 0.2) is 123 Å². The van der Waals surface area contributed by atoms with Gasteiger partial charge in [-0.2, -0.15) is 39.5 Å². The summed E-state index contributed by atoms with van der Waals surface area (Å²) in [5.74, 6) is 3.17. The number of nitrogens with two attached hydrogens (primary N) is 2. The Hall–Kier alpha value is -11.9. The quantitative estimate of drug-likeness (QED) is 0.00690. The van der Waals surface area contributed by atoms with Crippen molar-refractivity contribution in [2.45, 2.75) is 165 Å². The number of urea groups is 2. The number of halogens is 10. The van der Waals surface area contributed by atoms with Gasteiger partial charge in [0.1, 0.15) is 34.6 Å². The molecule has 34 nitrogen and oxygen atoms in total. The van der Waals surface area contributed by atoms with Gasteiger partial charge in [-0.15, -0.1) is 5.26 Å². The molecule has 0 aliphatic carbocycles. The van der Waals surface area contributed by atoms with Crippen LogP contribution < -0.4 is 56.3 Å². The molecular formula is C70H85ClF9LiN16O18. The first-order valence-electron chi connectivity index (χ1n) is 33.0. The molecule has 0 bridgehead atoms. The number of rotatable bonds is 16. The van der Waals surface area contributed by atoms with E-state index in [1.54, 1.807) is 39.0 Å². The van der Waals surface area contributed by atoms with Crippen molar-refractivity contribution in [3.63, 3.8) is 0 Å². The number of nitriles is 1. The van der Waals surface area contributed by atoms with Gasteiger partial charge in [0, 0.05) is 93.9 Å². The number of amides is 5. The first kappa shape index (κ1) is 105. The molecule has 0 fully saturated rings. The van der Waals surface area contributed by atoms with Gasteiger partial charge in [-0.05, 0) is 105 Å². The van der Waals surface area contributed by atoms with Crippen molar-refractivity contribution in [1.82, 2.24) is 30.9 Å². The molecule has 9 aromatic rings. The second kappa shape index (κ2) is 50.2. The summed E-state index contributed by atoms with van der Waals surface area (Å²) in [6.07, 6.45) is -12.1. The zero-order valence-electron chi connectivity index (χ0n) is 65.0. The predicted molar refractivity (Wildman–Crippen MR) is 391 cm³/mol. The Morgan fingerprint density at radius 1 is 0.539 bits per heavy atom. The minimum atomic E-state index is -4.49. The number of benzene rings is 3. The molecule has 115 heavy (non-hydrogen) atoms. The van der Waals surface area contributed by atoms with Gasteiger partial charge in [-0.1, -0.05) is 118 Å². The summed E-state index contributed by atoms with van der Waals surface area (Å²) in [5, 5.41) is 50.1. The standard InChI is InChI=1S/C15H16F3N3O2.C14H15F3N4O2.C9H6F3NO.C9H13NO3.C7H8N4O2.C7H9NO3.C6H10N2O.C3H5ClO2.Li.2H2O/c1-8(2)12-7-13(21-23-12)20-14(22)19-10-5-4-9(3)11(6-10)15(16,17)18;1-7-3-4-9(5-10(7)14(15,16)17)19-13(22)20-12-6-11(8(2)18)23-21-12;1-6-2-3-7(14-5-13)4-8(6)9(10,11)12;1-4-12-9(11)7-5-8(6(2)3)13-10-7;1-4(2)6-3-5(10-13-6)7(12)9-11-8;1-4(2)6-3-5(7(9)10)8-11-6;1-4(2)5-3-6(7)8-9-5;1-2-6-3(4)5;;;/h4-8H,1-3H3,(H2,19,20,21,22);3-6,8H,18H2,1-2H3,(H2,19,20,21,22);2-4H,1H3;5-6H,4H2,1-3H3;3-4H,1-2H3;3-4H,1-2H3,(H,9,10);3-4H,1-2H3,(H2,7,8);2H2,1H3;;2*1H2/q;;;;;;;;+1;;/p-1/t;8-;;;;;;;;;/m.1........./s1. The summed E-state index contributed by atoms with van der Waals surface area (Å²) < 4.78 is 157. The van der Waals surface area contributed by atoms with Gasteiger partial charge in [0.25, 0.3) is 12.2 Å². The molecule has 624 valence electrons. The number of hydrogen-bond acceptors (Lipinski definition) is 25. The van der Waals surface area contributed by atoms with Gasteiger partial charge >= 0.3 is 66.8 Å². The molecule has 0 spiro atoms. The number of carbonyl (C=O) groups is 6. The van der Waals surface area contributed by atoms with Crippen molar-refractivity contribution in [3.05, 3.63) is 186 Å². The fourth-order valence-electron chi connectivity index (χ4n) is 7.74. The molecule has 1 atom stereocenters. The summed E-state index contributed by atoms with van der Waals surface area (Å²) in [5.41, 5.74) is 16.3. The van der Waals surface area contributed by atoms with Crippen molar-refractivity contribution in [2.75, 3.05) is 40.2 Å². The number of carboxylic acid groups (broad SMARTS) is 1. The van der Waals surface area contributed by atoms with E-state index in [0.717, 1.165) is 24.0 Å². The van der Waals surface area contributed by atoms with E-state index in [1.165, 1.54) is 81.6 Å². The number of aryl methyl sites for hydroxylation is 3. The van der Waals surface area contributed by atoms with Crippen molar-refractivity contribution >= 4 is 75.8 Å². The molecule has 0 unspecified atom stereocenters. The molecule has 0 aliphatic heterocycles. The zero-order chi connectivity index (χ0) is 85.1. The molecule has 6 heterocycles. The molecule has 45 heteroatoms. The first-order valence-corrected chi connectivity index (χ1v) is 33.4. The molecule has 0 aliphatic rings. The first-order chi connectivity index (χ1) is 52.1. The topological polar surface area (TPSA) is 541 Å². The minimum absolute atomic E-state index is 0. The monoisotopic (exact) mass is 1650 g/mol. The van der Waals surface area contributed by atoms with Crippen LogP contribution in [0.5, 0.6) is 5.75 Å². The van der Waals surface area contributed by atoms with E-state index < -0.39 is 76.6 Å². The minimum Gasteiger partial charge on any atom is -0.870 e. The average molecular weight is 1650 g/mol. The third kappa shape index (κ3) is 38.4. The van der Waals surface area contributed by atoms with Crippen LogP contribution in [0.2, 0.25) is 0 Å². The number of hydrogen-bond donors (Lipinski definition) is 7. The van der Waals surface area contributed by atoms with Crippen LogP contribution in [0.25, 0.3) is 10.4 Å². The van der Waals surface area contributed by atoms with Gasteiger partial charge in [-0.3, -0.25) is 15.4 Å². The largest absolute Gasteiger partial charge is 1.00 e. The molecule has 0 radical (unpaired) electrons. The number of nitrogens with one attached hydrogen (secondary N) is 4. The summed E-state index contributed by atoms with van der Waals surface area (Å²) >= 11 is 4.72. The maximum Gasteiger partial charge on any atom is 1.00 e. The number of aromatic carboxylic acids is 1. The van der Waals surface area contributed by atoms with E-state index >= 15 is 0 Å². The number of aromatic nitrogens is 6. The number of nitrogen functional groups attached to an aromatic ring is 1. The number of nitrogens with zero attached hydrogens (tertiary/aromatic N) is 10. The van der Waals surface area contributed by atoms with Crippen LogP contribution in [0.3, 0.4) is 0 Å². The van der Waals surface area contributed by atoms with Gasteiger partial charge in [0.05, 0.1) is 35.9 Å². The van der Waals surface area contributed by atoms with Crippen LogP contribution in [0, 0.1) is 32.3 Å². The maximum absolute atomic E-state index is 12.8. The van der Waals surface area contributed by atoms with Crippen LogP contribution in [-0.4, -0.2) is 95.5 Å². The number of alkyl halides is 9.